The van der Waals surface area contributed by atoms with E-state index in [0.29, 0.717) is 6.54 Å². The number of aliphatic hydroxyl groups is 1. The Morgan fingerprint density at radius 3 is 2.63 bits per heavy atom. The summed E-state index contributed by atoms with van der Waals surface area (Å²) in [6.45, 7) is 2.53. The van der Waals surface area contributed by atoms with Crippen molar-refractivity contribution >= 4 is 0 Å². The molecule has 1 aliphatic carbocycles. The first kappa shape index (κ1) is 14.4. The van der Waals surface area contributed by atoms with E-state index < -0.39 is 5.60 Å². The monoisotopic (exact) mass is 266 g/mol. The van der Waals surface area contributed by atoms with Gasteiger partial charge in [0.1, 0.15) is 5.82 Å². The molecular weight excluding hydrogens is 243 g/mol. The van der Waals surface area contributed by atoms with Gasteiger partial charge in [0.2, 0.25) is 0 Å². The third kappa shape index (κ3) is 4.25. The number of nitrogens with zero attached hydrogens (tertiary/aromatic N) is 1. The van der Waals surface area contributed by atoms with E-state index in [1.807, 2.05) is 6.92 Å². The molecule has 1 aliphatic rings. The molecule has 0 radical (unpaired) electrons. The van der Waals surface area contributed by atoms with Gasteiger partial charge in [0.25, 0.3) is 0 Å². The Hall–Kier alpha value is -1.00. The maximum atomic E-state index is 13.1. The minimum Gasteiger partial charge on any atom is -0.389 e. The first-order valence-corrected chi connectivity index (χ1v) is 7.15. The second kappa shape index (κ2) is 6.44. The molecule has 1 heterocycles. The number of nitrogens with one attached hydrogen (secondary N) is 1. The molecule has 1 aromatic heterocycles. The Morgan fingerprint density at radius 2 is 2.00 bits per heavy atom. The largest absolute Gasteiger partial charge is 0.389 e. The lowest BCUT2D eigenvalue weighted by Crippen LogP contribution is -2.41. The Labute approximate surface area is 114 Å². The van der Waals surface area contributed by atoms with Crippen LogP contribution in [0.3, 0.4) is 0 Å². The number of rotatable bonds is 4. The second-order valence-corrected chi connectivity index (χ2v) is 5.68. The first-order chi connectivity index (χ1) is 9.09. The summed E-state index contributed by atoms with van der Waals surface area (Å²) in [5.41, 5.74) is 0.211. The third-order valence-electron chi connectivity index (χ3n) is 4.00. The van der Waals surface area contributed by atoms with E-state index >= 15 is 0 Å². The van der Waals surface area contributed by atoms with Crippen molar-refractivity contribution in [1.29, 1.82) is 0 Å². The van der Waals surface area contributed by atoms with Crippen LogP contribution in [0.2, 0.25) is 0 Å². The predicted octanol–water partition coefficient (Wildman–Crippen LogP) is 2.96. The summed E-state index contributed by atoms with van der Waals surface area (Å²) in [5.74, 6) is -0.320. The molecule has 0 bridgehead atoms. The minimum atomic E-state index is -0.606. The van der Waals surface area contributed by atoms with Crippen LogP contribution in [-0.2, 0) is 0 Å². The molecule has 0 amide bonds. The maximum absolute atomic E-state index is 13.1. The first-order valence-electron chi connectivity index (χ1n) is 7.15. The molecule has 3 nitrogen and oxygen atoms in total. The van der Waals surface area contributed by atoms with Crippen molar-refractivity contribution in [3.8, 4) is 0 Å². The number of pyridine rings is 1. The van der Waals surface area contributed by atoms with E-state index in [0.717, 1.165) is 31.2 Å². The van der Waals surface area contributed by atoms with E-state index in [1.54, 1.807) is 6.20 Å². The van der Waals surface area contributed by atoms with Crippen LogP contribution in [0, 0.1) is 5.82 Å². The fourth-order valence-corrected chi connectivity index (χ4v) is 2.69. The van der Waals surface area contributed by atoms with Gasteiger partial charge in [-0.25, -0.2) is 4.39 Å². The molecule has 2 rings (SSSR count). The number of halogens is 1. The smallest absolute Gasteiger partial charge is 0.141 e. The molecule has 1 atom stereocenters. The lowest BCUT2D eigenvalue weighted by atomic mass is 9.94. The minimum absolute atomic E-state index is 0.00419. The summed E-state index contributed by atoms with van der Waals surface area (Å²) in [5, 5.41) is 13.9. The van der Waals surface area contributed by atoms with Gasteiger partial charge in [0.15, 0.2) is 0 Å². The molecule has 4 heteroatoms. The molecular formula is C15H23FN2O. The fourth-order valence-electron chi connectivity index (χ4n) is 2.69. The average molecular weight is 266 g/mol. The number of aromatic nitrogens is 1. The Balaban J connectivity index is 1.90. The topological polar surface area (TPSA) is 45.1 Å². The lowest BCUT2D eigenvalue weighted by Gasteiger charge is -2.28. The number of hydrogen-bond donors (Lipinski definition) is 2. The van der Waals surface area contributed by atoms with Gasteiger partial charge in [-0.3, -0.25) is 4.98 Å². The second-order valence-electron chi connectivity index (χ2n) is 5.68. The number of hydrogen-bond acceptors (Lipinski definition) is 3. The van der Waals surface area contributed by atoms with Crippen LogP contribution in [0.1, 0.15) is 57.1 Å². The van der Waals surface area contributed by atoms with Gasteiger partial charge in [-0.05, 0) is 31.4 Å². The lowest BCUT2D eigenvalue weighted by molar-refractivity contribution is 0.0231. The van der Waals surface area contributed by atoms with E-state index in [9.17, 15) is 9.50 Å². The van der Waals surface area contributed by atoms with Crippen molar-refractivity contribution < 1.29 is 9.50 Å². The van der Waals surface area contributed by atoms with Gasteiger partial charge in [0, 0.05) is 18.8 Å². The summed E-state index contributed by atoms with van der Waals surface area (Å²) in [6, 6.07) is 1.48. The standard InChI is InChI=1S/C15H23FN2O/c1-12(13-8-14(16)10-17-9-13)18-11-15(19)6-4-2-3-5-7-15/h8-10,12,18-19H,2-7,11H2,1H3. The molecule has 2 N–H and O–H groups in total. The Morgan fingerprint density at radius 1 is 1.32 bits per heavy atom. The van der Waals surface area contributed by atoms with E-state index in [2.05, 4.69) is 10.3 Å². The van der Waals surface area contributed by atoms with Crippen molar-refractivity contribution in [3.63, 3.8) is 0 Å². The Kier molecular flexibility index (Phi) is 4.88. The molecule has 1 unspecified atom stereocenters. The van der Waals surface area contributed by atoms with Crippen LogP contribution in [-0.4, -0.2) is 22.2 Å². The van der Waals surface area contributed by atoms with Crippen LogP contribution in [0.5, 0.6) is 0 Å². The van der Waals surface area contributed by atoms with Gasteiger partial charge < -0.3 is 10.4 Å². The molecule has 1 aromatic rings. The molecule has 1 saturated carbocycles. The molecule has 0 aromatic carbocycles. The quantitative estimate of drug-likeness (QED) is 0.824. The van der Waals surface area contributed by atoms with Crippen LogP contribution in [0.25, 0.3) is 0 Å². The van der Waals surface area contributed by atoms with E-state index in [4.69, 9.17) is 0 Å². The Bertz CT molecular complexity index is 403. The predicted molar refractivity (Wildman–Crippen MR) is 73.3 cm³/mol. The molecule has 106 valence electrons. The van der Waals surface area contributed by atoms with Gasteiger partial charge in [-0.1, -0.05) is 25.7 Å². The summed E-state index contributed by atoms with van der Waals surface area (Å²) in [7, 11) is 0. The van der Waals surface area contributed by atoms with Crippen molar-refractivity contribution in [3.05, 3.63) is 29.8 Å². The molecule has 0 spiro atoms. The van der Waals surface area contributed by atoms with Crippen molar-refractivity contribution in [2.24, 2.45) is 0 Å². The molecule has 1 fully saturated rings. The van der Waals surface area contributed by atoms with Gasteiger partial charge in [-0.15, -0.1) is 0 Å². The summed E-state index contributed by atoms with van der Waals surface area (Å²) >= 11 is 0. The normalized spacial score (nSPS) is 20.8. The highest BCUT2D eigenvalue weighted by atomic mass is 19.1. The summed E-state index contributed by atoms with van der Waals surface area (Å²) in [6.07, 6.45) is 9.19. The zero-order valence-corrected chi connectivity index (χ0v) is 11.5. The summed E-state index contributed by atoms with van der Waals surface area (Å²) < 4.78 is 13.1. The van der Waals surface area contributed by atoms with Crippen molar-refractivity contribution in [2.45, 2.75) is 57.1 Å². The highest BCUT2D eigenvalue weighted by Crippen LogP contribution is 2.27. The molecule has 0 saturated heterocycles. The summed E-state index contributed by atoms with van der Waals surface area (Å²) in [4.78, 5) is 3.85. The van der Waals surface area contributed by atoms with Gasteiger partial charge in [-0.2, -0.15) is 0 Å². The van der Waals surface area contributed by atoms with E-state index in [-0.39, 0.29) is 11.9 Å². The average Bonchev–Trinajstić information content (AvgIpc) is 2.61. The SMILES string of the molecule is CC(NCC1(O)CCCCCC1)c1cncc(F)c1. The van der Waals surface area contributed by atoms with Crippen LogP contribution >= 0.6 is 0 Å². The third-order valence-corrected chi connectivity index (χ3v) is 4.00. The molecule has 0 aliphatic heterocycles. The van der Waals surface area contributed by atoms with Crippen LogP contribution in [0.4, 0.5) is 4.39 Å². The van der Waals surface area contributed by atoms with E-state index in [1.165, 1.54) is 25.1 Å². The van der Waals surface area contributed by atoms with Crippen molar-refractivity contribution in [2.75, 3.05) is 6.54 Å². The van der Waals surface area contributed by atoms with Crippen LogP contribution < -0.4 is 5.32 Å². The zero-order chi connectivity index (χ0) is 13.7. The van der Waals surface area contributed by atoms with Gasteiger partial charge >= 0.3 is 0 Å². The maximum Gasteiger partial charge on any atom is 0.141 e. The fraction of sp³-hybridized carbons (Fsp3) is 0.667. The highest BCUT2D eigenvalue weighted by Gasteiger charge is 2.28. The highest BCUT2D eigenvalue weighted by molar-refractivity contribution is 5.14. The molecule has 19 heavy (non-hydrogen) atoms. The van der Waals surface area contributed by atoms with Crippen LogP contribution in [0.15, 0.2) is 18.5 Å². The van der Waals surface area contributed by atoms with Gasteiger partial charge in [0.05, 0.1) is 11.8 Å². The van der Waals surface area contributed by atoms with Crippen molar-refractivity contribution in [1.82, 2.24) is 10.3 Å². The zero-order valence-electron chi connectivity index (χ0n) is 11.5.